The summed E-state index contributed by atoms with van der Waals surface area (Å²) in [5.74, 6) is -0.185. The molecule has 4 aromatic rings. The van der Waals surface area contributed by atoms with Crippen LogP contribution in [0.25, 0.3) is 16.7 Å². The molecule has 1 N–H and O–H groups in total. The van der Waals surface area contributed by atoms with Gasteiger partial charge in [0.1, 0.15) is 11.0 Å². The van der Waals surface area contributed by atoms with E-state index in [4.69, 9.17) is 5.11 Å². The molecule has 0 aliphatic heterocycles. The summed E-state index contributed by atoms with van der Waals surface area (Å²) in [6.07, 6.45) is 3.96. The number of nitrogens with zero attached hydrogens (tertiary/aromatic N) is 6. The first kappa shape index (κ1) is 16.6. The third-order valence-electron chi connectivity index (χ3n) is 4.07. The smallest absolute Gasteiger partial charge is 0.274 e. The number of carbonyl (C=O) groups excluding carboxylic acids is 1. The van der Waals surface area contributed by atoms with Gasteiger partial charge in [-0.15, -0.1) is 0 Å². The molecule has 8 nitrogen and oxygen atoms in total. The van der Waals surface area contributed by atoms with Crippen LogP contribution in [0.4, 0.5) is 0 Å². The summed E-state index contributed by atoms with van der Waals surface area (Å²) in [6.45, 7) is 0.491. The predicted octanol–water partition coefficient (Wildman–Crippen LogP) is 1.54. The maximum atomic E-state index is 12.7. The van der Waals surface area contributed by atoms with E-state index >= 15 is 0 Å². The van der Waals surface area contributed by atoms with Crippen molar-refractivity contribution in [2.24, 2.45) is 0 Å². The summed E-state index contributed by atoms with van der Waals surface area (Å²) < 4.78 is 9.98. The molecule has 0 radical (unpaired) electrons. The standard InChI is InChI=1S/C17H16N6O2S/c1-22(9-11-2-3-13-14(6-11)21-26-20-13)17(25)15-7-16-18-8-12(4-5-24)10-23(16)19-15/h2-3,6-8,10,24H,4-5,9H2,1H3. The molecule has 9 heteroatoms. The quantitative estimate of drug-likeness (QED) is 0.574. The highest BCUT2D eigenvalue weighted by atomic mass is 32.1. The first-order chi connectivity index (χ1) is 12.6. The summed E-state index contributed by atoms with van der Waals surface area (Å²) >= 11 is 1.17. The van der Waals surface area contributed by atoms with Crippen molar-refractivity contribution in [3.63, 3.8) is 0 Å². The van der Waals surface area contributed by atoms with Crippen LogP contribution in [0.5, 0.6) is 0 Å². The Morgan fingerprint density at radius 2 is 2.08 bits per heavy atom. The average Bonchev–Trinajstić information content (AvgIpc) is 3.27. The van der Waals surface area contributed by atoms with Crippen molar-refractivity contribution in [1.29, 1.82) is 0 Å². The van der Waals surface area contributed by atoms with Crippen LogP contribution in [0.3, 0.4) is 0 Å². The van der Waals surface area contributed by atoms with Gasteiger partial charge in [-0.25, -0.2) is 9.50 Å². The minimum absolute atomic E-state index is 0.0435. The van der Waals surface area contributed by atoms with Crippen molar-refractivity contribution in [3.05, 3.63) is 53.5 Å². The van der Waals surface area contributed by atoms with Crippen LogP contribution in [0.15, 0.2) is 36.7 Å². The van der Waals surface area contributed by atoms with Gasteiger partial charge in [-0.3, -0.25) is 4.79 Å². The van der Waals surface area contributed by atoms with Crippen molar-refractivity contribution in [2.45, 2.75) is 13.0 Å². The molecule has 3 aromatic heterocycles. The van der Waals surface area contributed by atoms with Gasteiger partial charge in [0.05, 0.1) is 11.7 Å². The molecule has 1 amide bonds. The van der Waals surface area contributed by atoms with Crippen LogP contribution in [-0.4, -0.2) is 52.9 Å². The molecule has 3 heterocycles. The topological polar surface area (TPSA) is 96.5 Å². The number of benzene rings is 1. The number of hydrogen-bond donors (Lipinski definition) is 1. The van der Waals surface area contributed by atoms with Crippen molar-refractivity contribution in [1.82, 2.24) is 28.2 Å². The number of fused-ring (bicyclic) bond motifs is 2. The zero-order valence-corrected chi connectivity index (χ0v) is 14.8. The predicted molar refractivity (Wildman–Crippen MR) is 97.0 cm³/mol. The monoisotopic (exact) mass is 368 g/mol. The molecule has 0 saturated heterocycles. The van der Waals surface area contributed by atoms with E-state index in [-0.39, 0.29) is 12.5 Å². The van der Waals surface area contributed by atoms with Crippen LogP contribution in [-0.2, 0) is 13.0 Å². The van der Waals surface area contributed by atoms with Crippen molar-refractivity contribution >= 4 is 34.3 Å². The number of rotatable bonds is 5. The maximum Gasteiger partial charge on any atom is 0.274 e. The molecule has 0 bridgehead atoms. The molecule has 4 rings (SSSR count). The van der Waals surface area contributed by atoms with E-state index in [1.165, 1.54) is 11.7 Å². The van der Waals surface area contributed by atoms with Gasteiger partial charge in [-0.2, -0.15) is 13.8 Å². The highest BCUT2D eigenvalue weighted by molar-refractivity contribution is 7.00. The summed E-state index contributed by atoms with van der Waals surface area (Å²) in [5.41, 5.74) is 4.46. The summed E-state index contributed by atoms with van der Waals surface area (Å²) in [7, 11) is 1.74. The fourth-order valence-corrected chi connectivity index (χ4v) is 3.26. The number of aromatic nitrogens is 5. The lowest BCUT2D eigenvalue weighted by Gasteiger charge is -2.15. The van der Waals surface area contributed by atoms with E-state index in [9.17, 15) is 4.79 Å². The lowest BCUT2D eigenvalue weighted by Crippen LogP contribution is -2.26. The molecule has 0 spiro atoms. The molecule has 0 unspecified atom stereocenters. The highest BCUT2D eigenvalue weighted by Gasteiger charge is 2.17. The van der Waals surface area contributed by atoms with Crippen molar-refractivity contribution < 1.29 is 9.90 Å². The molecule has 0 atom stereocenters. The van der Waals surface area contributed by atoms with Crippen LogP contribution < -0.4 is 0 Å². The van der Waals surface area contributed by atoms with Crippen LogP contribution >= 0.6 is 11.7 Å². The summed E-state index contributed by atoms with van der Waals surface area (Å²) in [5, 5.41) is 13.3. The molecule has 26 heavy (non-hydrogen) atoms. The zero-order valence-electron chi connectivity index (χ0n) is 14.0. The molecular weight excluding hydrogens is 352 g/mol. The van der Waals surface area contributed by atoms with Gasteiger partial charge in [0.15, 0.2) is 11.3 Å². The van der Waals surface area contributed by atoms with E-state index in [0.29, 0.717) is 24.3 Å². The molecular formula is C17H16N6O2S. The molecule has 0 fully saturated rings. The Morgan fingerprint density at radius 1 is 1.23 bits per heavy atom. The summed E-state index contributed by atoms with van der Waals surface area (Å²) in [6, 6.07) is 7.45. The fourth-order valence-electron chi connectivity index (χ4n) is 2.75. The number of amides is 1. The van der Waals surface area contributed by atoms with E-state index in [2.05, 4.69) is 18.8 Å². The Hall–Kier alpha value is -2.91. The zero-order chi connectivity index (χ0) is 18.1. The number of aliphatic hydroxyl groups is 1. The summed E-state index contributed by atoms with van der Waals surface area (Å²) in [4.78, 5) is 18.6. The Labute approximate surface area is 153 Å². The van der Waals surface area contributed by atoms with Crippen LogP contribution in [0.2, 0.25) is 0 Å². The third kappa shape index (κ3) is 3.14. The average molecular weight is 368 g/mol. The van der Waals surface area contributed by atoms with Crippen LogP contribution in [0, 0.1) is 0 Å². The van der Waals surface area contributed by atoms with E-state index < -0.39 is 0 Å². The van der Waals surface area contributed by atoms with Gasteiger partial charge in [0.2, 0.25) is 0 Å². The highest BCUT2D eigenvalue weighted by Crippen LogP contribution is 2.16. The molecule has 1 aromatic carbocycles. The molecule has 132 valence electrons. The van der Waals surface area contributed by atoms with Crippen molar-refractivity contribution in [2.75, 3.05) is 13.7 Å². The first-order valence-electron chi connectivity index (χ1n) is 8.06. The van der Waals surface area contributed by atoms with E-state index in [1.807, 2.05) is 18.2 Å². The second-order valence-electron chi connectivity index (χ2n) is 6.02. The second-order valence-corrected chi connectivity index (χ2v) is 6.55. The fraction of sp³-hybridized carbons (Fsp3) is 0.235. The number of carbonyl (C=O) groups is 1. The molecule has 0 saturated carbocycles. The molecule has 0 aliphatic carbocycles. The van der Waals surface area contributed by atoms with Gasteiger partial charge in [-0.1, -0.05) is 6.07 Å². The minimum Gasteiger partial charge on any atom is -0.396 e. The third-order valence-corrected chi connectivity index (χ3v) is 4.63. The lowest BCUT2D eigenvalue weighted by atomic mass is 10.2. The molecule has 0 aliphatic rings. The second kappa shape index (κ2) is 6.77. The lowest BCUT2D eigenvalue weighted by molar-refractivity contribution is 0.0779. The van der Waals surface area contributed by atoms with E-state index in [0.717, 1.165) is 22.2 Å². The minimum atomic E-state index is -0.185. The van der Waals surface area contributed by atoms with Gasteiger partial charge < -0.3 is 10.0 Å². The van der Waals surface area contributed by atoms with Crippen molar-refractivity contribution in [3.8, 4) is 0 Å². The van der Waals surface area contributed by atoms with Gasteiger partial charge in [0, 0.05) is 38.7 Å². The van der Waals surface area contributed by atoms with Gasteiger partial charge in [0.25, 0.3) is 5.91 Å². The Bertz CT molecular complexity index is 1090. The Morgan fingerprint density at radius 3 is 2.92 bits per heavy atom. The number of hydrogen-bond acceptors (Lipinski definition) is 7. The Balaban J connectivity index is 1.54. The Kier molecular flexibility index (Phi) is 4.31. The normalized spacial score (nSPS) is 11.3. The van der Waals surface area contributed by atoms with Gasteiger partial charge in [-0.05, 0) is 29.7 Å². The largest absolute Gasteiger partial charge is 0.396 e. The number of aliphatic hydroxyl groups excluding tert-OH is 1. The van der Waals surface area contributed by atoms with Crippen LogP contribution in [0.1, 0.15) is 21.6 Å². The van der Waals surface area contributed by atoms with E-state index in [1.54, 1.807) is 34.9 Å². The SMILES string of the molecule is CN(Cc1ccc2nsnc2c1)C(=O)c1cc2ncc(CCO)cn2n1. The first-order valence-corrected chi connectivity index (χ1v) is 8.79. The maximum absolute atomic E-state index is 12.7. The van der Waals surface area contributed by atoms with Gasteiger partial charge >= 0.3 is 0 Å².